The third-order valence-corrected chi connectivity index (χ3v) is 3.15. The summed E-state index contributed by atoms with van der Waals surface area (Å²) in [5.41, 5.74) is 0.786. The van der Waals surface area contributed by atoms with Crippen LogP contribution >= 0.6 is 0 Å². The average Bonchev–Trinajstić information content (AvgIpc) is 2.28. The molecular weight excluding hydrogens is 220 g/mol. The Morgan fingerprint density at radius 2 is 2.00 bits per heavy atom. The summed E-state index contributed by atoms with van der Waals surface area (Å²) in [4.78, 5) is 22.3. The van der Waals surface area contributed by atoms with Crippen molar-refractivity contribution in [2.45, 2.75) is 25.4 Å². The van der Waals surface area contributed by atoms with Crippen LogP contribution < -0.4 is 5.32 Å². The van der Waals surface area contributed by atoms with Crippen molar-refractivity contribution in [3.05, 3.63) is 46.0 Å². The molecule has 0 bridgehead atoms. The highest BCUT2D eigenvalue weighted by molar-refractivity contribution is 5.77. The summed E-state index contributed by atoms with van der Waals surface area (Å²) in [5, 5.41) is 13.8. The highest BCUT2D eigenvalue weighted by Crippen LogP contribution is 2.29. The number of carbonyl (C=O) groups is 1. The Bertz CT molecular complexity index is 433. The summed E-state index contributed by atoms with van der Waals surface area (Å²) in [6.07, 6.45) is 0.217. The first kappa shape index (κ1) is 11.6. The maximum absolute atomic E-state index is 11.5. The molecule has 1 saturated heterocycles. The van der Waals surface area contributed by atoms with E-state index in [-0.39, 0.29) is 23.2 Å². The van der Waals surface area contributed by atoms with Gasteiger partial charge in [0.25, 0.3) is 0 Å². The highest BCUT2D eigenvalue weighted by atomic mass is 16.6. The Labute approximate surface area is 99.0 Å². The van der Waals surface area contributed by atoms with Gasteiger partial charge in [-0.15, -0.1) is 0 Å². The molecule has 5 heteroatoms. The van der Waals surface area contributed by atoms with Crippen LogP contribution in [-0.4, -0.2) is 16.9 Å². The molecule has 0 radical (unpaired) electrons. The Morgan fingerprint density at radius 3 is 2.59 bits per heavy atom. The zero-order chi connectivity index (χ0) is 12.4. The van der Waals surface area contributed by atoms with Crippen LogP contribution in [0.3, 0.4) is 0 Å². The van der Waals surface area contributed by atoms with Gasteiger partial charge in [0.15, 0.2) is 0 Å². The van der Waals surface area contributed by atoms with Crippen LogP contribution in [0, 0.1) is 16.0 Å². The molecule has 3 atom stereocenters. The molecule has 1 aliphatic rings. The average molecular weight is 234 g/mol. The molecule has 1 fully saturated rings. The van der Waals surface area contributed by atoms with Gasteiger partial charge in [0, 0.05) is 17.3 Å². The molecule has 0 saturated carbocycles. The predicted octanol–water partition coefficient (Wildman–Crippen LogP) is 1.53. The van der Waals surface area contributed by atoms with Crippen LogP contribution in [0.15, 0.2) is 30.3 Å². The third-order valence-electron chi connectivity index (χ3n) is 3.15. The molecule has 5 nitrogen and oxygen atoms in total. The largest absolute Gasteiger partial charge is 0.343 e. The van der Waals surface area contributed by atoms with Crippen LogP contribution in [0.25, 0.3) is 0 Å². The van der Waals surface area contributed by atoms with Crippen LogP contribution in [-0.2, 0) is 4.79 Å². The lowest BCUT2D eigenvalue weighted by molar-refractivity contribution is -0.538. The minimum atomic E-state index is -0.755. The zero-order valence-electron chi connectivity index (χ0n) is 9.50. The molecule has 1 heterocycles. The van der Waals surface area contributed by atoms with Crippen molar-refractivity contribution in [2.75, 3.05) is 0 Å². The first-order valence-electron chi connectivity index (χ1n) is 5.57. The fourth-order valence-electron chi connectivity index (χ4n) is 2.33. The number of nitro groups is 1. The van der Waals surface area contributed by atoms with Crippen molar-refractivity contribution >= 4 is 5.91 Å². The van der Waals surface area contributed by atoms with E-state index in [0.29, 0.717) is 0 Å². The monoisotopic (exact) mass is 234 g/mol. The number of rotatable bonds is 2. The summed E-state index contributed by atoms with van der Waals surface area (Å²) in [6, 6.07) is 7.81. The van der Waals surface area contributed by atoms with Crippen LogP contribution in [0.4, 0.5) is 0 Å². The van der Waals surface area contributed by atoms with E-state index in [1.165, 1.54) is 0 Å². The van der Waals surface area contributed by atoms with E-state index in [1.807, 2.05) is 18.2 Å². The Balaban J connectivity index is 2.34. The third kappa shape index (κ3) is 2.27. The fraction of sp³-hybridized carbons (Fsp3) is 0.417. The van der Waals surface area contributed by atoms with Crippen LogP contribution in [0.2, 0.25) is 0 Å². The van der Waals surface area contributed by atoms with Crippen molar-refractivity contribution in [3.63, 3.8) is 0 Å². The Morgan fingerprint density at radius 1 is 1.35 bits per heavy atom. The van der Waals surface area contributed by atoms with Gasteiger partial charge in [0.05, 0.1) is 0 Å². The van der Waals surface area contributed by atoms with Gasteiger partial charge in [0.1, 0.15) is 6.04 Å². The standard InChI is InChI=1S/C12H14N2O3/c1-8-7-10(15)13-11(12(8)14(16)17)9-5-3-2-4-6-9/h2-6,8,11-12H,7H2,1H3,(H,13,15)/t8-,11-,12-/m1/s1. The number of carbonyl (C=O) groups excluding carboxylic acids is 1. The number of nitrogens with zero attached hydrogens (tertiary/aromatic N) is 1. The van der Waals surface area contributed by atoms with E-state index in [2.05, 4.69) is 5.32 Å². The molecule has 1 aromatic rings. The normalized spacial score (nSPS) is 28.5. The molecule has 1 amide bonds. The van der Waals surface area contributed by atoms with Crippen LogP contribution in [0.1, 0.15) is 24.9 Å². The number of piperidine rings is 1. The predicted molar refractivity (Wildman–Crippen MR) is 61.9 cm³/mol. The second kappa shape index (κ2) is 4.53. The zero-order valence-corrected chi connectivity index (χ0v) is 9.50. The van der Waals surface area contributed by atoms with Gasteiger partial charge in [-0.2, -0.15) is 0 Å². The minimum Gasteiger partial charge on any atom is -0.343 e. The van der Waals surface area contributed by atoms with Gasteiger partial charge < -0.3 is 5.32 Å². The first-order valence-corrected chi connectivity index (χ1v) is 5.57. The number of amides is 1. The van der Waals surface area contributed by atoms with Gasteiger partial charge in [-0.3, -0.25) is 14.9 Å². The minimum absolute atomic E-state index is 0.121. The lowest BCUT2D eigenvalue weighted by Crippen LogP contribution is -2.49. The van der Waals surface area contributed by atoms with Gasteiger partial charge in [0.2, 0.25) is 11.9 Å². The van der Waals surface area contributed by atoms with Crippen molar-refractivity contribution in [1.82, 2.24) is 5.32 Å². The van der Waals surface area contributed by atoms with Crippen molar-refractivity contribution in [2.24, 2.45) is 5.92 Å². The summed E-state index contributed by atoms with van der Waals surface area (Å²) < 4.78 is 0. The van der Waals surface area contributed by atoms with Gasteiger partial charge in [-0.05, 0) is 5.56 Å². The number of hydrogen-bond acceptors (Lipinski definition) is 3. The molecular formula is C12H14N2O3. The van der Waals surface area contributed by atoms with E-state index in [9.17, 15) is 14.9 Å². The summed E-state index contributed by atoms with van der Waals surface area (Å²) >= 11 is 0. The molecule has 0 aliphatic carbocycles. The van der Waals surface area contributed by atoms with Gasteiger partial charge >= 0.3 is 0 Å². The van der Waals surface area contributed by atoms with Gasteiger partial charge in [-0.25, -0.2) is 0 Å². The van der Waals surface area contributed by atoms with Crippen molar-refractivity contribution in [3.8, 4) is 0 Å². The summed E-state index contributed by atoms with van der Waals surface area (Å²) in [6.45, 7) is 1.75. The molecule has 17 heavy (non-hydrogen) atoms. The van der Waals surface area contributed by atoms with Gasteiger partial charge in [-0.1, -0.05) is 37.3 Å². The number of nitrogens with one attached hydrogen (secondary N) is 1. The quantitative estimate of drug-likeness (QED) is 0.623. The van der Waals surface area contributed by atoms with Crippen LogP contribution in [0.5, 0.6) is 0 Å². The molecule has 0 aromatic heterocycles. The molecule has 1 aromatic carbocycles. The second-order valence-electron chi connectivity index (χ2n) is 4.41. The van der Waals surface area contributed by atoms with E-state index >= 15 is 0 Å². The second-order valence-corrected chi connectivity index (χ2v) is 4.41. The molecule has 2 rings (SSSR count). The van der Waals surface area contributed by atoms with Crippen molar-refractivity contribution < 1.29 is 9.72 Å². The molecule has 1 aliphatic heterocycles. The Kier molecular flexibility index (Phi) is 3.08. The van der Waals surface area contributed by atoms with E-state index < -0.39 is 12.1 Å². The van der Waals surface area contributed by atoms with E-state index in [4.69, 9.17) is 0 Å². The smallest absolute Gasteiger partial charge is 0.240 e. The van der Waals surface area contributed by atoms with Crippen molar-refractivity contribution in [1.29, 1.82) is 0 Å². The fourth-order valence-corrected chi connectivity index (χ4v) is 2.33. The molecule has 0 unspecified atom stereocenters. The summed E-state index contributed by atoms with van der Waals surface area (Å²) in [5.74, 6) is -0.367. The molecule has 0 spiro atoms. The number of hydrogen-bond donors (Lipinski definition) is 1. The van der Waals surface area contributed by atoms with E-state index in [0.717, 1.165) is 5.56 Å². The van der Waals surface area contributed by atoms with E-state index in [1.54, 1.807) is 19.1 Å². The lowest BCUT2D eigenvalue weighted by Gasteiger charge is -2.31. The highest BCUT2D eigenvalue weighted by Gasteiger charge is 2.43. The molecule has 90 valence electrons. The SMILES string of the molecule is C[C@@H]1CC(=O)N[C@H](c2ccccc2)[C@@H]1[N+](=O)[O-]. The summed E-state index contributed by atoms with van der Waals surface area (Å²) in [7, 11) is 0. The maximum Gasteiger partial charge on any atom is 0.240 e. The number of benzene rings is 1. The lowest BCUT2D eigenvalue weighted by atomic mass is 9.85. The Hall–Kier alpha value is -1.91. The molecule has 1 N–H and O–H groups in total. The first-order chi connectivity index (χ1) is 8.09. The maximum atomic E-state index is 11.5. The topological polar surface area (TPSA) is 72.2 Å².